The maximum atomic E-state index is 11.3. The Balaban J connectivity index is 1.36. The fraction of sp³-hybridized carbons (Fsp3) is 0.583. The number of hydrogen-bond acceptors (Lipinski definition) is 8. The summed E-state index contributed by atoms with van der Waals surface area (Å²) < 4.78 is 13.4. The number of rotatable bonds is 11. The number of fused-ring (bicyclic) bond motifs is 5. The molecule has 0 fully saturated rings. The monoisotopic (exact) mass is 491 g/mol. The molecule has 34 heavy (non-hydrogen) atoms. The van der Waals surface area contributed by atoms with E-state index in [1.165, 1.54) is 15.9 Å². The van der Waals surface area contributed by atoms with Gasteiger partial charge in [-0.15, -0.1) is 11.3 Å². The standard InChI is InChI=1S/C24H33N3O6S/c1-24(2,3)17(25-4)11-16(20-26-13(12-34-20)23(30)31)32-10-6-5-9-27-21(28)18-14-7-8-15(33-14)19(18)22(27)29/h7-8,12,14-17,25,28-29H,5-6,9-11H2,1-4H3,(H,30,31). The van der Waals surface area contributed by atoms with Crippen LogP contribution < -0.4 is 5.32 Å². The molecule has 0 amide bonds. The number of nitrogens with zero attached hydrogens (tertiary/aromatic N) is 2. The Hall–Kier alpha value is -2.40. The first kappa shape index (κ1) is 24.7. The molecule has 0 radical (unpaired) electrons. The molecular formula is C24H33N3O6S. The third-order valence-electron chi connectivity index (χ3n) is 6.56. The van der Waals surface area contributed by atoms with Gasteiger partial charge in [0.05, 0.1) is 11.1 Å². The fourth-order valence-electron chi connectivity index (χ4n) is 4.67. The maximum Gasteiger partial charge on any atom is 0.355 e. The van der Waals surface area contributed by atoms with Crippen molar-refractivity contribution in [3.63, 3.8) is 0 Å². The summed E-state index contributed by atoms with van der Waals surface area (Å²) in [6.07, 6.45) is 4.96. The molecule has 10 heteroatoms. The van der Waals surface area contributed by atoms with Gasteiger partial charge in [-0.1, -0.05) is 32.9 Å². The average molecular weight is 492 g/mol. The predicted octanol–water partition coefficient (Wildman–Crippen LogP) is 4.30. The van der Waals surface area contributed by atoms with Crippen molar-refractivity contribution in [1.82, 2.24) is 14.9 Å². The molecule has 2 aliphatic heterocycles. The van der Waals surface area contributed by atoms with Crippen LogP contribution in [0.15, 0.2) is 17.5 Å². The molecule has 2 aromatic heterocycles. The van der Waals surface area contributed by atoms with Crippen molar-refractivity contribution < 1.29 is 29.6 Å². The van der Waals surface area contributed by atoms with Crippen molar-refractivity contribution >= 4 is 17.3 Å². The van der Waals surface area contributed by atoms with Gasteiger partial charge in [-0.3, -0.25) is 4.57 Å². The number of thiazole rings is 1. The molecule has 4 rings (SSSR count). The van der Waals surface area contributed by atoms with Crippen LogP contribution in [0.5, 0.6) is 11.8 Å². The number of ether oxygens (including phenoxy) is 2. The average Bonchev–Trinajstić information content (AvgIpc) is 3.55. The smallest absolute Gasteiger partial charge is 0.355 e. The highest BCUT2D eigenvalue weighted by atomic mass is 32.1. The van der Waals surface area contributed by atoms with Crippen molar-refractivity contribution in [3.05, 3.63) is 39.4 Å². The summed E-state index contributed by atoms with van der Waals surface area (Å²) in [4.78, 5) is 15.6. The Labute approximate surface area is 203 Å². The molecule has 9 nitrogen and oxygen atoms in total. The van der Waals surface area contributed by atoms with E-state index < -0.39 is 5.97 Å². The van der Waals surface area contributed by atoms with E-state index in [0.717, 1.165) is 0 Å². The molecule has 4 atom stereocenters. The predicted molar refractivity (Wildman–Crippen MR) is 127 cm³/mol. The van der Waals surface area contributed by atoms with Crippen LogP contribution in [0.2, 0.25) is 0 Å². The van der Waals surface area contributed by atoms with Crippen LogP contribution in [0.4, 0.5) is 0 Å². The summed E-state index contributed by atoms with van der Waals surface area (Å²) >= 11 is 1.30. The first-order valence-electron chi connectivity index (χ1n) is 11.6. The van der Waals surface area contributed by atoms with Gasteiger partial charge in [0.1, 0.15) is 23.3 Å². The molecule has 0 aliphatic carbocycles. The second-order valence-electron chi connectivity index (χ2n) is 9.87. The van der Waals surface area contributed by atoms with Crippen LogP contribution in [0.1, 0.15) is 85.0 Å². The van der Waals surface area contributed by atoms with E-state index in [1.807, 2.05) is 19.2 Å². The highest BCUT2D eigenvalue weighted by Crippen LogP contribution is 2.54. The molecule has 2 aromatic rings. The molecule has 0 saturated heterocycles. The minimum Gasteiger partial charge on any atom is -0.494 e. The molecule has 4 unspecified atom stereocenters. The third-order valence-corrected chi connectivity index (χ3v) is 7.50. The Bertz CT molecular complexity index is 1030. The van der Waals surface area contributed by atoms with Gasteiger partial charge in [-0.2, -0.15) is 0 Å². The fourth-order valence-corrected chi connectivity index (χ4v) is 5.53. The summed E-state index contributed by atoms with van der Waals surface area (Å²) in [5.74, 6) is -0.919. The highest BCUT2D eigenvalue weighted by Gasteiger charge is 2.42. The molecule has 0 aromatic carbocycles. The lowest BCUT2D eigenvalue weighted by molar-refractivity contribution is 0.0264. The second kappa shape index (κ2) is 9.69. The largest absolute Gasteiger partial charge is 0.494 e. The van der Waals surface area contributed by atoms with E-state index in [0.29, 0.717) is 48.5 Å². The maximum absolute atomic E-state index is 11.3. The van der Waals surface area contributed by atoms with E-state index in [9.17, 15) is 20.1 Å². The van der Waals surface area contributed by atoms with Gasteiger partial charge in [0.15, 0.2) is 5.69 Å². The van der Waals surface area contributed by atoms with Gasteiger partial charge in [-0.05, 0) is 31.7 Å². The number of carboxylic acid groups (broad SMARTS) is 1. The molecule has 4 heterocycles. The number of carboxylic acids is 1. The lowest BCUT2D eigenvalue weighted by atomic mass is 9.83. The van der Waals surface area contributed by atoms with E-state index in [2.05, 4.69) is 31.1 Å². The van der Waals surface area contributed by atoms with Crippen LogP contribution in [-0.4, -0.2) is 50.5 Å². The lowest BCUT2D eigenvalue weighted by Crippen LogP contribution is -2.39. The molecule has 0 saturated carbocycles. The number of carbonyl (C=O) groups is 1. The van der Waals surface area contributed by atoms with Crippen LogP contribution in [0.25, 0.3) is 0 Å². The summed E-state index contributed by atoms with van der Waals surface area (Å²) in [5.41, 5.74) is 1.36. The molecule has 2 aliphatic rings. The van der Waals surface area contributed by atoms with Crippen molar-refractivity contribution in [2.75, 3.05) is 13.7 Å². The minimum atomic E-state index is -1.05. The lowest BCUT2D eigenvalue weighted by Gasteiger charge is -2.33. The summed E-state index contributed by atoms with van der Waals surface area (Å²) in [7, 11) is 1.91. The quantitative estimate of drug-likeness (QED) is 0.271. The van der Waals surface area contributed by atoms with Crippen molar-refractivity contribution in [3.8, 4) is 11.8 Å². The van der Waals surface area contributed by atoms with Gasteiger partial charge in [0.2, 0.25) is 11.8 Å². The van der Waals surface area contributed by atoms with E-state index >= 15 is 0 Å². The number of aromatic hydroxyl groups is 2. The highest BCUT2D eigenvalue weighted by molar-refractivity contribution is 7.09. The molecule has 0 spiro atoms. The van der Waals surface area contributed by atoms with Crippen molar-refractivity contribution in [2.24, 2.45) is 5.41 Å². The van der Waals surface area contributed by atoms with Gasteiger partial charge in [0.25, 0.3) is 0 Å². The number of nitrogens with one attached hydrogen (secondary N) is 1. The number of aromatic carboxylic acids is 1. The van der Waals surface area contributed by atoms with Crippen LogP contribution in [0, 0.1) is 5.41 Å². The van der Waals surface area contributed by atoms with Crippen molar-refractivity contribution in [1.29, 1.82) is 0 Å². The summed E-state index contributed by atoms with van der Waals surface area (Å²) in [6, 6.07) is 0.150. The normalized spacial score (nSPS) is 20.6. The first-order chi connectivity index (χ1) is 16.1. The number of hydrogen-bond donors (Lipinski definition) is 4. The number of aromatic nitrogens is 2. The van der Waals surface area contributed by atoms with E-state index in [1.54, 1.807) is 5.38 Å². The molecule has 186 valence electrons. The summed E-state index contributed by atoms with van der Waals surface area (Å²) in [5, 5.41) is 36.0. The Morgan fingerprint density at radius 1 is 1.24 bits per heavy atom. The van der Waals surface area contributed by atoms with Crippen LogP contribution in [-0.2, 0) is 16.0 Å². The zero-order chi connectivity index (χ0) is 24.6. The van der Waals surface area contributed by atoms with Gasteiger partial charge >= 0.3 is 5.97 Å². The van der Waals surface area contributed by atoms with Crippen LogP contribution in [0.3, 0.4) is 0 Å². The second-order valence-corrected chi connectivity index (χ2v) is 10.8. The third kappa shape index (κ3) is 4.72. The van der Waals surface area contributed by atoms with Gasteiger partial charge in [-0.25, -0.2) is 9.78 Å². The Kier molecular flexibility index (Phi) is 7.04. The number of unbranched alkanes of at least 4 members (excludes halogenated alkanes) is 1. The molecule has 4 N–H and O–H groups in total. The first-order valence-corrected chi connectivity index (χ1v) is 12.4. The van der Waals surface area contributed by atoms with Crippen LogP contribution >= 0.6 is 11.3 Å². The Morgan fingerprint density at radius 2 is 1.88 bits per heavy atom. The SMILES string of the molecule is CNC(CC(OCCCCn1c(O)c2c(c1O)C1C=CC2O1)c1nc(C(=O)O)cs1)C(C)(C)C. The van der Waals surface area contributed by atoms with Crippen molar-refractivity contribution in [2.45, 2.75) is 70.9 Å². The van der Waals surface area contributed by atoms with E-state index in [4.69, 9.17) is 9.47 Å². The molecular weight excluding hydrogens is 458 g/mol. The zero-order valence-corrected chi connectivity index (χ0v) is 20.8. The van der Waals surface area contributed by atoms with E-state index in [-0.39, 0.29) is 47.2 Å². The molecule has 2 bridgehead atoms. The zero-order valence-electron chi connectivity index (χ0n) is 19.9. The minimum absolute atomic E-state index is 0.00882. The van der Waals surface area contributed by atoms with Gasteiger partial charge < -0.3 is 30.1 Å². The van der Waals surface area contributed by atoms with Gasteiger partial charge in [0, 0.05) is 24.6 Å². The Morgan fingerprint density at radius 3 is 2.41 bits per heavy atom. The topological polar surface area (TPSA) is 126 Å². The summed E-state index contributed by atoms with van der Waals surface area (Å²) in [6.45, 7) is 7.35.